The van der Waals surface area contributed by atoms with Gasteiger partial charge in [-0.1, -0.05) is 97.3 Å². The lowest BCUT2D eigenvalue weighted by Gasteiger charge is -2.03. The molecule has 0 aliphatic carbocycles. The monoisotopic (exact) mass is 360 g/mol. The summed E-state index contributed by atoms with van der Waals surface area (Å²) in [7, 11) is 0. The van der Waals surface area contributed by atoms with Crippen LogP contribution in [0.25, 0.3) is 0 Å². The zero-order valence-electron chi connectivity index (χ0n) is 18.0. The predicted octanol–water partition coefficient (Wildman–Crippen LogP) is 7.80. The van der Waals surface area contributed by atoms with Gasteiger partial charge in [-0.3, -0.25) is 0 Å². The van der Waals surface area contributed by atoms with Crippen molar-refractivity contribution in [2.45, 2.75) is 130 Å². The van der Waals surface area contributed by atoms with Crippen LogP contribution < -0.4 is 4.57 Å². The van der Waals surface area contributed by atoms with Gasteiger partial charge in [-0.05, 0) is 25.3 Å². The molecule has 0 aliphatic heterocycles. The molecular weight excluding hydrogens is 314 g/mol. The molecule has 0 saturated heterocycles. The number of unbranched alkanes of at least 4 members (excludes halogenated alkanes) is 14. The van der Waals surface area contributed by atoms with Crippen molar-refractivity contribution in [3.05, 3.63) is 30.1 Å². The van der Waals surface area contributed by atoms with Gasteiger partial charge in [0.1, 0.15) is 6.54 Å². The first-order valence-corrected chi connectivity index (χ1v) is 11.8. The normalized spacial score (nSPS) is 11.2. The molecule has 1 aromatic heterocycles. The summed E-state index contributed by atoms with van der Waals surface area (Å²) < 4.78 is 2.41. The topological polar surface area (TPSA) is 3.88 Å². The first-order chi connectivity index (χ1) is 12.9. The van der Waals surface area contributed by atoms with Crippen LogP contribution in [0.5, 0.6) is 0 Å². The Morgan fingerprint density at radius 3 is 1.69 bits per heavy atom. The summed E-state index contributed by atoms with van der Waals surface area (Å²) in [5.41, 5.74) is 1.52. The van der Waals surface area contributed by atoms with Gasteiger partial charge >= 0.3 is 0 Å². The summed E-state index contributed by atoms with van der Waals surface area (Å²) in [6.07, 6.45) is 28.4. The summed E-state index contributed by atoms with van der Waals surface area (Å²) in [6.45, 7) is 5.78. The van der Waals surface area contributed by atoms with Gasteiger partial charge in [-0.25, -0.2) is 4.57 Å². The van der Waals surface area contributed by atoms with Crippen LogP contribution in [0.1, 0.15) is 122 Å². The van der Waals surface area contributed by atoms with Crippen molar-refractivity contribution in [2.75, 3.05) is 0 Å². The van der Waals surface area contributed by atoms with Crippen molar-refractivity contribution in [3.63, 3.8) is 0 Å². The van der Waals surface area contributed by atoms with Gasteiger partial charge in [0.15, 0.2) is 12.4 Å². The molecule has 1 nitrogen and oxygen atoms in total. The second-order valence-corrected chi connectivity index (χ2v) is 8.15. The van der Waals surface area contributed by atoms with Crippen LogP contribution in [0, 0.1) is 0 Å². The van der Waals surface area contributed by atoms with Crippen molar-refractivity contribution in [1.82, 2.24) is 0 Å². The summed E-state index contributed by atoms with van der Waals surface area (Å²) in [4.78, 5) is 0. The number of rotatable bonds is 18. The lowest BCUT2D eigenvalue weighted by atomic mass is 10.1. The molecule has 0 radical (unpaired) electrons. The van der Waals surface area contributed by atoms with Gasteiger partial charge in [0.2, 0.25) is 0 Å². The minimum absolute atomic E-state index is 1.20. The highest BCUT2D eigenvalue weighted by atomic mass is 14.9. The fourth-order valence-corrected chi connectivity index (χ4v) is 3.75. The van der Waals surface area contributed by atoms with Gasteiger partial charge < -0.3 is 0 Å². The van der Waals surface area contributed by atoms with E-state index in [0.717, 1.165) is 0 Å². The van der Waals surface area contributed by atoms with Crippen LogP contribution in [-0.2, 0) is 13.0 Å². The van der Waals surface area contributed by atoms with E-state index in [-0.39, 0.29) is 0 Å². The van der Waals surface area contributed by atoms with Crippen LogP contribution in [0.2, 0.25) is 0 Å². The van der Waals surface area contributed by atoms with E-state index in [1.165, 1.54) is 121 Å². The largest absolute Gasteiger partial charge is 0.205 e. The molecule has 0 saturated carbocycles. The van der Waals surface area contributed by atoms with Crippen LogP contribution >= 0.6 is 0 Å². The Hall–Kier alpha value is -0.850. The maximum atomic E-state index is 2.41. The first-order valence-electron chi connectivity index (χ1n) is 11.8. The maximum absolute atomic E-state index is 2.41. The fraction of sp³-hybridized carbons (Fsp3) is 0.800. The lowest BCUT2D eigenvalue weighted by Crippen LogP contribution is -2.33. The van der Waals surface area contributed by atoms with E-state index in [0.29, 0.717) is 0 Å². The van der Waals surface area contributed by atoms with Gasteiger partial charge in [0, 0.05) is 18.1 Å². The summed E-state index contributed by atoms with van der Waals surface area (Å²) in [5.74, 6) is 0. The van der Waals surface area contributed by atoms with E-state index in [1.54, 1.807) is 0 Å². The van der Waals surface area contributed by atoms with Crippen LogP contribution in [0.3, 0.4) is 0 Å². The molecule has 26 heavy (non-hydrogen) atoms. The third-order valence-corrected chi connectivity index (χ3v) is 5.51. The molecule has 0 unspecified atom stereocenters. The fourth-order valence-electron chi connectivity index (χ4n) is 3.75. The molecule has 1 aromatic rings. The molecule has 0 spiro atoms. The van der Waals surface area contributed by atoms with E-state index in [9.17, 15) is 0 Å². The standard InChI is InChI=1S/C25H46N/c1-3-5-7-9-11-12-14-16-18-22-26-23-19-21-25(24-26)20-17-15-13-10-8-6-4-2/h19,21,23-24H,3-18,20,22H2,1-2H3/q+1. The Morgan fingerprint density at radius 2 is 1.12 bits per heavy atom. The molecule has 0 aromatic carbocycles. The Balaban J connectivity index is 2.03. The minimum atomic E-state index is 1.20. The van der Waals surface area contributed by atoms with Gasteiger partial charge in [0.05, 0.1) is 0 Å². The first kappa shape index (κ1) is 23.2. The Labute approximate surface area is 164 Å². The summed E-state index contributed by atoms with van der Waals surface area (Å²) in [5, 5.41) is 0. The summed E-state index contributed by atoms with van der Waals surface area (Å²) >= 11 is 0. The molecular formula is C25H46N+. The molecule has 0 bridgehead atoms. The molecule has 1 heterocycles. The molecule has 0 fully saturated rings. The molecule has 0 atom stereocenters. The highest BCUT2D eigenvalue weighted by Gasteiger charge is 2.03. The SMILES string of the molecule is CCCCCCCCCCC[n+]1cccc(CCCCCCCCC)c1. The Bertz CT molecular complexity index is 412. The average molecular weight is 361 g/mol. The number of aryl methyl sites for hydroxylation is 2. The average Bonchev–Trinajstić information content (AvgIpc) is 2.66. The molecule has 1 rings (SSSR count). The van der Waals surface area contributed by atoms with E-state index in [2.05, 4.69) is 42.9 Å². The third kappa shape index (κ3) is 13.4. The minimum Gasteiger partial charge on any atom is -0.205 e. The number of hydrogen-bond acceptors (Lipinski definition) is 0. The van der Waals surface area contributed by atoms with Crippen molar-refractivity contribution in [1.29, 1.82) is 0 Å². The zero-order chi connectivity index (χ0) is 18.7. The molecule has 0 amide bonds. The predicted molar refractivity (Wildman–Crippen MR) is 116 cm³/mol. The van der Waals surface area contributed by atoms with E-state index in [1.807, 2.05) is 0 Å². The van der Waals surface area contributed by atoms with Crippen molar-refractivity contribution in [3.8, 4) is 0 Å². The number of pyridine rings is 1. The van der Waals surface area contributed by atoms with Gasteiger partial charge in [0.25, 0.3) is 0 Å². The van der Waals surface area contributed by atoms with E-state index in [4.69, 9.17) is 0 Å². The van der Waals surface area contributed by atoms with Gasteiger partial charge in [-0.2, -0.15) is 0 Å². The second kappa shape index (κ2) is 17.6. The van der Waals surface area contributed by atoms with E-state index < -0.39 is 0 Å². The number of aromatic nitrogens is 1. The third-order valence-electron chi connectivity index (χ3n) is 5.51. The molecule has 0 aliphatic rings. The van der Waals surface area contributed by atoms with Crippen molar-refractivity contribution >= 4 is 0 Å². The van der Waals surface area contributed by atoms with Gasteiger partial charge in [-0.15, -0.1) is 0 Å². The number of hydrogen-bond donors (Lipinski definition) is 0. The van der Waals surface area contributed by atoms with E-state index >= 15 is 0 Å². The van der Waals surface area contributed by atoms with Crippen molar-refractivity contribution in [2.24, 2.45) is 0 Å². The molecule has 150 valence electrons. The van der Waals surface area contributed by atoms with Crippen LogP contribution in [0.15, 0.2) is 24.5 Å². The quantitative estimate of drug-likeness (QED) is 0.186. The van der Waals surface area contributed by atoms with Crippen LogP contribution in [-0.4, -0.2) is 0 Å². The second-order valence-electron chi connectivity index (χ2n) is 8.15. The van der Waals surface area contributed by atoms with Crippen molar-refractivity contribution < 1.29 is 4.57 Å². The highest BCUT2D eigenvalue weighted by Crippen LogP contribution is 2.11. The highest BCUT2D eigenvalue weighted by molar-refractivity contribution is 5.05. The molecule has 1 heteroatoms. The summed E-state index contributed by atoms with van der Waals surface area (Å²) in [6, 6.07) is 4.55. The number of nitrogens with zero attached hydrogens (tertiary/aromatic N) is 1. The Morgan fingerprint density at radius 1 is 0.615 bits per heavy atom. The Kier molecular flexibility index (Phi) is 15.7. The van der Waals surface area contributed by atoms with Crippen LogP contribution in [0.4, 0.5) is 0 Å². The lowest BCUT2D eigenvalue weighted by molar-refractivity contribution is -0.697. The maximum Gasteiger partial charge on any atom is 0.171 e. The molecule has 0 N–H and O–H groups in total. The zero-order valence-corrected chi connectivity index (χ0v) is 18.0. The smallest absolute Gasteiger partial charge is 0.171 e.